The number of thioether (sulfide) groups is 1. The van der Waals surface area contributed by atoms with Crippen molar-refractivity contribution in [2.75, 3.05) is 12.4 Å². The molecule has 0 aliphatic rings. The fourth-order valence-corrected chi connectivity index (χ4v) is 5.49. The molecule has 1 unspecified atom stereocenters. The fraction of sp³-hybridized carbons (Fsp3) is 0.240. The van der Waals surface area contributed by atoms with Gasteiger partial charge in [0.05, 0.1) is 23.4 Å². The molecule has 4 rings (SSSR count). The summed E-state index contributed by atoms with van der Waals surface area (Å²) in [6.07, 6.45) is 2.25. The minimum atomic E-state index is -0.300. The number of nitrogens with one attached hydrogen (secondary N) is 1. The van der Waals surface area contributed by atoms with Crippen molar-refractivity contribution in [3.8, 4) is 16.9 Å². The number of aromatic nitrogens is 2. The van der Waals surface area contributed by atoms with Gasteiger partial charge in [0.15, 0.2) is 0 Å². The molecule has 0 aliphatic carbocycles. The lowest BCUT2D eigenvalue weighted by Gasteiger charge is -2.16. The van der Waals surface area contributed by atoms with Gasteiger partial charge >= 0.3 is 0 Å². The number of aryl methyl sites for hydroxylation is 2. The maximum Gasteiger partial charge on any atom is 0.238 e. The molecule has 0 radical (unpaired) electrons. The second-order valence-corrected chi connectivity index (χ2v) is 9.56. The first-order chi connectivity index (χ1) is 15.5. The number of carbonyl (C=O) groups excluding carboxylic acids is 1. The van der Waals surface area contributed by atoms with Crippen molar-refractivity contribution in [2.24, 2.45) is 0 Å². The summed E-state index contributed by atoms with van der Waals surface area (Å²) in [5, 5.41) is 6.67. The van der Waals surface area contributed by atoms with Crippen molar-refractivity contribution in [2.45, 2.75) is 37.5 Å². The van der Waals surface area contributed by atoms with Gasteiger partial charge < -0.3 is 10.1 Å². The number of hydrogen-bond acceptors (Lipinski definition) is 6. The molecular weight excluding hydrogens is 438 g/mol. The molecule has 2 aromatic heterocycles. The van der Waals surface area contributed by atoms with Gasteiger partial charge in [0.1, 0.15) is 21.9 Å². The van der Waals surface area contributed by atoms with E-state index in [2.05, 4.69) is 52.7 Å². The van der Waals surface area contributed by atoms with E-state index in [9.17, 15) is 4.79 Å². The average Bonchev–Trinajstić information content (AvgIpc) is 3.24. The van der Waals surface area contributed by atoms with Crippen LogP contribution < -0.4 is 10.1 Å². The second-order valence-electron chi connectivity index (χ2n) is 7.51. The first kappa shape index (κ1) is 22.3. The van der Waals surface area contributed by atoms with E-state index in [1.54, 1.807) is 24.8 Å². The van der Waals surface area contributed by atoms with E-state index in [1.165, 1.54) is 22.9 Å². The minimum Gasteiger partial charge on any atom is -0.495 e. The Morgan fingerprint density at radius 1 is 1.16 bits per heavy atom. The Morgan fingerprint density at radius 2 is 1.97 bits per heavy atom. The number of ether oxygens (including phenoxy) is 1. The van der Waals surface area contributed by atoms with Gasteiger partial charge in [0.25, 0.3) is 0 Å². The van der Waals surface area contributed by atoms with Gasteiger partial charge in [0.2, 0.25) is 5.91 Å². The number of fused-ring (bicyclic) bond motifs is 1. The number of methoxy groups -OCH3 is 1. The van der Waals surface area contributed by atoms with Crippen LogP contribution in [0.4, 0.5) is 5.69 Å². The summed E-state index contributed by atoms with van der Waals surface area (Å²) in [6, 6.07) is 13.9. The Bertz CT molecular complexity index is 1270. The Hall–Kier alpha value is -2.90. The summed E-state index contributed by atoms with van der Waals surface area (Å²) in [5.74, 6) is 0.566. The summed E-state index contributed by atoms with van der Waals surface area (Å²) in [7, 11) is 1.60. The molecule has 164 valence electrons. The first-order valence-corrected chi connectivity index (χ1v) is 12.2. The molecule has 2 heterocycles. The maximum atomic E-state index is 13.1. The molecule has 1 atom stereocenters. The van der Waals surface area contributed by atoms with Gasteiger partial charge in [-0.05, 0) is 49.1 Å². The third-order valence-corrected chi connectivity index (χ3v) is 7.69. The Kier molecular flexibility index (Phi) is 6.77. The number of rotatable bonds is 7. The first-order valence-electron chi connectivity index (χ1n) is 10.4. The van der Waals surface area contributed by atoms with E-state index in [0.29, 0.717) is 17.9 Å². The Labute approximate surface area is 196 Å². The number of hydrogen-bond donors (Lipinski definition) is 1. The van der Waals surface area contributed by atoms with Crippen LogP contribution in [0, 0.1) is 13.8 Å². The summed E-state index contributed by atoms with van der Waals surface area (Å²) in [6.45, 7) is 6.24. The zero-order valence-electron chi connectivity index (χ0n) is 18.5. The monoisotopic (exact) mass is 463 g/mol. The van der Waals surface area contributed by atoms with E-state index >= 15 is 0 Å². The highest BCUT2D eigenvalue weighted by atomic mass is 32.2. The molecule has 0 bridgehead atoms. The van der Waals surface area contributed by atoms with Crippen LogP contribution in [-0.2, 0) is 4.79 Å². The van der Waals surface area contributed by atoms with Gasteiger partial charge in [-0.15, -0.1) is 11.3 Å². The predicted octanol–water partition coefficient (Wildman–Crippen LogP) is 6.49. The molecule has 0 saturated heterocycles. The van der Waals surface area contributed by atoms with Crippen molar-refractivity contribution in [1.82, 2.24) is 9.97 Å². The van der Waals surface area contributed by atoms with Gasteiger partial charge in [-0.2, -0.15) is 0 Å². The molecule has 1 N–H and O–H groups in total. The Balaban J connectivity index is 1.66. The smallest absolute Gasteiger partial charge is 0.238 e. The summed E-state index contributed by atoms with van der Waals surface area (Å²) >= 11 is 3.08. The zero-order chi connectivity index (χ0) is 22.7. The highest BCUT2D eigenvalue weighted by Crippen LogP contribution is 2.40. The largest absolute Gasteiger partial charge is 0.495 e. The third kappa shape index (κ3) is 4.49. The van der Waals surface area contributed by atoms with Gasteiger partial charge in [-0.3, -0.25) is 4.79 Å². The van der Waals surface area contributed by atoms with Gasteiger partial charge in [-0.1, -0.05) is 49.0 Å². The van der Waals surface area contributed by atoms with Crippen LogP contribution in [0.5, 0.6) is 5.75 Å². The quantitative estimate of drug-likeness (QED) is 0.251. The maximum absolute atomic E-state index is 13.1. The number of nitrogens with zero attached hydrogens (tertiary/aromatic N) is 2. The number of amides is 1. The van der Waals surface area contributed by atoms with Crippen LogP contribution in [-0.4, -0.2) is 28.2 Å². The molecular formula is C25H25N3O2S2. The van der Waals surface area contributed by atoms with Crippen molar-refractivity contribution in [1.29, 1.82) is 0 Å². The molecule has 32 heavy (non-hydrogen) atoms. The number of anilines is 1. The van der Waals surface area contributed by atoms with Crippen molar-refractivity contribution in [3.63, 3.8) is 0 Å². The zero-order valence-corrected chi connectivity index (χ0v) is 20.1. The highest BCUT2D eigenvalue weighted by Gasteiger charge is 2.23. The standard InChI is InChI=1S/C25H25N3O2S2/c1-5-21(23(29)28-19-8-6-7-9-20(19)30-4)32-25-22-18(13-31-24(22)26-14-27-25)17-11-10-15(2)16(3)12-17/h6-14,21H,5H2,1-4H3,(H,28,29). The number of benzene rings is 2. The van der Waals surface area contributed by atoms with Crippen molar-refractivity contribution >= 4 is 44.9 Å². The fourth-order valence-electron chi connectivity index (χ4n) is 3.48. The van der Waals surface area contributed by atoms with Gasteiger partial charge in [-0.25, -0.2) is 9.97 Å². The van der Waals surface area contributed by atoms with Crippen molar-refractivity contribution < 1.29 is 9.53 Å². The van der Waals surface area contributed by atoms with Crippen LogP contribution >= 0.6 is 23.1 Å². The van der Waals surface area contributed by atoms with Gasteiger partial charge in [0, 0.05) is 10.9 Å². The Morgan fingerprint density at radius 3 is 2.72 bits per heavy atom. The average molecular weight is 464 g/mol. The topological polar surface area (TPSA) is 64.1 Å². The van der Waals surface area contributed by atoms with E-state index in [-0.39, 0.29) is 11.2 Å². The van der Waals surface area contributed by atoms with Crippen LogP contribution in [0.15, 0.2) is 59.2 Å². The molecule has 7 heteroatoms. The number of para-hydroxylation sites is 2. The predicted molar refractivity (Wildman–Crippen MR) is 134 cm³/mol. The molecule has 0 aliphatic heterocycles. The lowest BCUT2D eigenvalue weighted by Crippen LogP contribution is -2.25. The van der Waals surface area contributed by atoms with E-state index in [4.69, 9.17) is 4.74 Å². The molecule has 0 fully saturated rings. The molecule has 0 saturated carbocycles. The molecule has 0 spiro atoms. The lowest BCUT2D eigenvalue weighted by molar-refractivity contribution is -0.115. The number of carbonyl (C=O) groups is 1. The number of thiophene rings is 1. The highest BCUT2D eigenvalue weighted by molar-refractivity contribution is 8.00. The van der Waals surface area contributed by atoms with Crippen molar-refractivity contribution in [3.05, 3.63) is 65.3 Å². The van der Waals surface area contributed by atoms with E-state index < -0.39 is 0 Å². The minimum absolute atomic E-state index is 0.0725. The summed E-state index contributed by atoms with van der Waals surface area (Å²) in [5.41, 5.74) is 5.42. The van der Waals surface area contributed by atoms with Crippen LogP contribution in [0.1, 0.15) is 24.5 Å². The lowest BCUT2D eigenvalue weighted by atomic mass is 10.0. The molecule has 2 aromatic carbocycles. The SMILES string of the molecule is CCC(Sc1ncnc2scc(-c3ccc(C)c(C)c3)c12)C(=O)Nc1ccccc1OC. The third-order valence-electron chi connectivity index (χ3n) is 5.44. The van der Waals surface area contributed by atoms with Crippen LogP contribution in [0.2, 0.25) is 0 Å². The second kappa shape index (κ2) is 9.71. The summed E-state index contributed by atoms with van der Waals surface area (Å²) < 4.78 is 5.37. The van der Waals surface area contributed by atoms with E-state index in [0.717, 1.165) is 26.4 Å². The molecule has 5 nitrogen and oxygen atoms in total. The molecule has 1 amide bonds. The summed E-state index contributed by atoms with van der Waals surface area (Å²) in [4.78, 5) is 23.1. The van der Waals surface area contributed by atoms with Crippen LogP contribution in [0.3, 0.4) is 0 Å². The normalized spacial score (nSPS) is 12.0. The van der Waals surface area contributed by atoms with E-state index in [1.807, 2.05) is 31.2 Å². The van der Waals surface area contributed by atoms with Crippen LogP contribution in [0.25, 0.3) is 21.3 Å². The molecule has 4 aromatic rings.